The van der Waals surface area contributed by atoms with Gasteiger partial charge in [0.1, 0.15) is 9.71 Å². The molecule has 0 aliphatic carbocycles. The molecule has 4 heterocycles. The van der Waals surface area contributed by atoms with Crippen LogP contribution >= 0.6 is 11.3 Å². The molecular weight excluding hydrogens is 348 g/mol. The Hall–Kier alpha value is -2.74. The monoisotopic (exact) mass is 368 g/mol. The molecule has 0 saturated carbocycles. The molecule has 0 spiro atoms. The Kier molecular flexibility index (Phi) is 4.20. The van der Waals surface area contributed by atoms with E-state index in [9.17, 15) is 4.79 Å². The van der Waals surface area contributed by atoms with E-state index in [2.05, 4.69) is 25.4 Å². The highest BCUT2D eigenvalue weighted by molar-refractivity contribution is 7.21. The van der Waals surface area contributed by atoms with Gasteiger partial charge >= 0.3 is 0 Å². The number of nitrogens with two attached hydrogens (primary N) is 1. The molecule has 3 N–H and O–H groups in total. The van der Waals surface area contributed by atoms with Crippen LogP contribution in [0.2, 0.25) is 0 Å². The van der Waals surface area contributed by atoms with Crippen molar-refractivity contribution in [3.8, 4) is 0 Å². The van der Waals surface area contributed by atoms with Gasteiger partial charge in [0, 0.05) is 30.7 Å². The molecule has 3 aromatic rings. The van der Waals surface area contributed by atoms with E-state index in [4.69, 9.17) is 5.73 Å². The Bertz CT molecular complexity index is 971. The van der Waals surface area contributed by atoms with E-state index in [1.165, 1.54) is 11.3 Å². The van der Waals surface area contributed by atoms with Crippen LogP contribution in [0.25, 0.3) is 10.2 Å². The second kappa shape index (κ2) is 6.53. The number of aromatic nitrogens is 3. The molecule has 1 saturated heterocycles. The predicted octanol–water partition coefficient (Wildman–Crippen LogP) is 2.29. The van der Waals surface area contributed by atoms with Crippen molar-refractivity contribution >= 4 is 38.8 Å². The normalized spacial score (nSPS) is 17.0. The van der Waals surface area contributed by atoms with Gasteiger partial charge in [-0.3, -0.25) is 9.78 Å². The minimum atomic E-state index is -0.138. The number of thiophene rings is 1. The highest BCUT2D eigenvalue weighted by Crippen LogP contribution is 2.35. The van der Waals surface area contributed by atoms with Crippen molar-refractivity contribution in [3.63, 3.8) is 0 Å². The van der Waals surface area contributed by atoms with Crippen LogP contribution in [0.4, 0.5) is 11.4 Å². The van der Waals surface area contributed by atoms with Crippen molar-refractivity contribution in [2.24, 2.45) is 0 Å². The largest absolute Gasteiger partial charge is 0.397 e. The van der Waals surface area contributed by atoms with Crippen LogP contribution in [0.1, 0.15) is 27.3 Å². The summed E-state index contributed by atoms with van der Waals surface area (Å²) in [4.78, 5) is 20.4. The molecule has 1 fully saturated rings. The fraction of sp³-hybridized carbons (Fsp3) is 0.333. The standard InChI is InChI=1S/C18H20N6OS/c1-10-11(2)22-23-18-14(10)15(19)16(26-18)17(25)21-12-5-7-24(9-12)13-4-3-6-20-8-13/h3-4,6,8,12H,5,7,9,19H2,1-2H3,(H,21,25). The fourth-order valence-electron chi connectivity index (χ4n) is 3.31. The molecular formula is C18H20N6OS. The molecule has 0 radical (unpaired) electrons. The number of carbonyl (C=O) groups excluding carboxylic acids is 1. The average molecular weight is 368 g/mol. The number of anilines is 2. The van der Waals surface area contributed by atoms with E-state index >= 15 is 0 Å². The lowest BCUT2D eigenvalue weighted by Crippen LogP contribution is -2.37. The van der Waals surface area contributed by atoms with Crippen molar-refractivity contribution < 1.29 is 4.79 Å². The van der Waals surface area contributed by atoms with E-state index in [0.29, 0.717) is 15.4 Å². The maximum Gasteiger partial charge on any atom is 0.263 e. The summed E-state index contributed by atoms with van der Waals surface area (Å²) in [6.45, 7) is 5.51. The Morgan fingerprint density at radius 1 is 1.38 bits per heavy atom. The molecule has 26 heavy (non-hydrogen) atoms. The highest BCUT2D eigenvalue weighted by atomic mass is 32.1. The summed E-state index contributed by atoms with van der Waals surface area (Å²) >= 11 is 1.30. The van der Waals surface area contributed by atoms with Gasteiger partial charge in [0.2, 0.25) is 0 Å². The van der Waals surface area contributed by atoms with Crippen LogP contribution in [-0.2, 0) is 0 Å². The first-order chi connectivity index (χ1) is 12.5. The number of pyridine rings is 1. The number of amides is 1. The number of aryl methyl sites for hydroxylation is 2. The summed E-state index contributed by atoms with van der Waals surface area (Å²) in [5, 5.41) is 12.3. The molecule has 1 aliphatic heterocycles. The van der Waals surface area contributed by atoms with Crippen molar-refractivity contribution in [2.45, 2.75) is 26.3 Å². The van der Waals surface area contributed by atoms with Crippen LogP contribution < -0.4 is 16.0 Å². The lowest BCUT2D eigenvalue weighted by molar-refractivity contribution is 0.0945. The number of hydrogen-bond donors (Lipinski definition) is 2. The summed E-state index contributed by atoms with van der Waals surface area (Å²) in [6.07, 6.45) is 4.50. The third kappa shape index (κ3) is 2.86. The van der Waals surface area contributed by atoms with E-state index < -0.39 is 0 Å². The number of carbonyl (C=O) groups is 1. The van der Waals surface area contributed by atoms with Gasteiger partial charge in [-0.05, 0) is 38.0 Å². The van der Waals surface area contributed by atoms with Gasteiger partial charge in [-0.15, -0.1) is 16.4 Å². The van der Waals surface area contributed by atoms with Gasteiger partial charge in [0.05, 0.1) is 23.3 Å². The second-order valence-electron chi connectivity index (χ2n) is 6.55. The van der Waals surface area contributed by atoms with Gasteiger partial charge in [0.25, 0.3) is 5.91 Å². The van der Waals surface area contributed by atoms with E-state index in [1.807, 2.05) is 32.2 Å². The van der Waals surface area contributed by atoms with Gasteiger partial charge in [0.15, 0.2) is 0 Å². The number of fused-ring (bicyclic) bond motifs is 1. The molecule has 0 aromatic carbocycles. The molecule has 7 nitrogen and oxygen atoms in total. The summed E-state index contributed by atoms with van der Waals surface area (Å²) in [6, 6.07) is 4.04. The first-order valence-corrected chi connectivity index (χ1v) is 9.34. The Morgan fingerprint density at radius 2 is 2.23 bits per heavy atom. The zero-order valence-corrected chi connectivity index (χ0v) is 15.5. The fourth-order valence-corrected chi connectivity index (χ4v) is 4.32. The average Bonchev–Trinajstić information content (AvgIpc) is 3.24. The third-order valence-corrected chi connectivity index (χ3v) is 5.96. The topological polar surface area (TPSA) is 97.0 Å². The van der Waals surface area contributed by atoms with Crippen molar-refractivity contribution in [2.75, 3.05) is 23.7 Å². The summed E-state index contributed by atoms with van der Waals surface area (Å²) in [5.41, 5.74) is 9.65. The van der Waals surface area contributed by atoms with Gasteiger partial charge in [-0.2, -0.15) is 5.10 Å². The number of nitrogen functional groups attached to an aromatic ring is 1. The summed E-state index contributed by atoms with van der Waals surface area (Å²) < 4.78 is 0. The second-order valence-corrected chi connectivity index (χ2v) is 7.55. The smallest absolute Gasteiger partial charge is 0.263 e. The minimum Gasteiger partial charge on any atom is -0.397 e. The number of rotatable bonds is 3. The summed E-state index contributed by atoms with van der Waals surface area (Å²) in [7, 11) is 0. The molecule has 4 rings (SSSR count). The molecule has 1 unspecified atom stereocenters. The van der Waals surface area contributed by atoms with E-state index in [1.54, 1.807) is 6.20 Å². The van der Waals surface area contributed by atoms with Crippen molar-refractivity contribution in [1.29, 1.82) is 0 Å². The van der Waals surface area contributed by atoms with Crippen molar-refractivity contribution in [3.05, 3.63) is 40.7 Å². The maximum absolute atomic E-state index is 12.8. The zero-order chi connectivity index (χ0) is 18.3. The SMILES string of the molecule is Cc1nnc2sc(C(=O)NC3CCN(c4cccnc4)C3)c(N)c2c1C. The van der Waals surface area contributed by atoms with Crippen LogP contribution in [0, 0.1) is 13.8 Å². The molecule has 8 heteroatoms. The minimum absolute atomic E-state index is 0.0845. The van der Waals surface area contributed by atoms with Gasteiger partial charge in [-0.1, -0.05) is 0 Å². The maximum atomic E-state index is 12.8. The van der Waals surface area contributed by atoms with E-state index in [0.717, 1.165) is 41.8 Å². The Morgan fingerprint density at radius 3 is 3.00 bits per heavy atom. The van der Waals surface area contributed by atoms with Crippen LogP contribution in [0.15, 0.2) is 24.5 Å². The highest BCUT2D eigenvalue weighted by Gasteiger charge is 2.27. The Labute approximate surface area is 155 Å². The number of nitrogens with zero attached hydrogens (tertiary/aromatic N) is 4. The molecule has 1 aliphatic rings. The molecule has 3 aromatic heterocycles. The Balaban J connectivity index is 1.52. The number of hydrogen-bond acceptors (Lipinski definition) is 7. The number of nitrogens with one attached hydrogen (secondary N) is 1. The van der Waals surface area contributed by atoms with Crippen LogP contribution in [0.3, 0.4) is 0 Å². The summed E-state index contributed by atoms with van der Waals surface area (Å²) in [5.74, 6) is -0.138. The van der Waals surface area contributed by atoms with Gasteiger partial charge < -0.3 is 16.0 Å². The molecule has 0 bridgehead atoms. The lowest BCUT2D eigenvalue weighted by Gasteiger charge is -2.18. The third-order valence-electron chi connectivity index (χ3n) is 4.88. The van der Waals surface area contributed by atoms with Crippen LogP contribution in [0.5, 0.6) is 0 Å². The van der Waals surface area contributed by atoms with E-state index in [-0.39, 0.29) is 11.9 Å². The first kappa shape index (κ1) is 16.7. The van der Waals surface area contributed by atoms with Crippen LogP contribution in [-0.4, -0.2) is 40.2 Å². The quantitative estimate of drug-likeness (QED) is 0.736. The zero-order valence-electron chi connectivity index (χ0n) is 14.7. The predicted molar refractivity (Wildman–Crippen MR) is 104 cm³/mol. The molecule has 1 amide bonds. The van der Waals surface area contributed by atoms with Crippen molar-refractivity contribution in [1.82, 2.24) is 20.5 Å². The van der Waals surface area contributed by atoms with Gasteiger partial charge in [-0.25, -0.2) is 0 Å². The first-order valence-electron chi connectivity index (χ1n) is 8.52. The molecule has 134 valence electrons. The molecule has 1 atom stereocenters. The lowest BCUT2D eigenvalue weighted by atomic mass is 10.1.